The third-order valence-corrected chi connectivity index (χ3v) is 10.5. The molecule has 0 radical (unpaired) electrons. The second-order valence-electron chi connectivity index (χ2n) is 13.9. The minimum Gasteiger partial charge on any atom is -0.456 e. The number of rotatable bonds is 6. The van der Waals surface area contributed by atoms with Crippen molar-refractivity contribution in [1.29, 1.82) is 0 Å². The van der Waals surface area contributed by atoms with Crippen LogP contribution in [0, 0.1) is 0 Å². The van der Waals surface area contributed by atoms with Gasteiger partial charge in [0, 0.05) is 61.2 Å². The molecule has 0 atom stereocenters. The largest absolute Gasteiger partial charge is 0.456 e. The number of nitrogens with zero attached hydrogens (tertiary/aromatic N) is 5. The number of benzene rings is 7. The lowest BCUT2D eigenvalue weighted by Crippen LogP contribution is -2.02. The summed E-state index contributed by atoms with van der Waals surface area (Å²) < 4.78 is 9.04. The molecule has 0 saturated heterocycles. The van der Waals surface area contributed by atoms with Crippen LogP contribution in [0.15, 0.2) is 193 Å². The molecule has 0 aliphatic carbocycles. The fraction of sp³-hybridized carbons (Fsp3) is 0. The molecular weight excluding hydrogens is 687 g/mol. The number of aromatic nitrogens is 5. The van der Waals surface area contributed by atoms with Gasteiger partial charge in [0.2, 0.25) is 0 Å². The molecule has 262 valence electrons. The highest BCUT2D eigenvalue weighted by atomic mass is 16.3. The Morgan fingerprint density at radius 3 is 1.66 bits per heavy atom. The lowest BCUT2D eigenvalue weighted by molar-refractivity contribution is 0.669. The third-order valence-electron chi connectivity index (χ3n) is 10.5. The zero-order valence-electron chi connectivity index (χ0n) is 30.0. The first-order valence-electron chi connectivity index (χ1n) is 18.6. The fourth-order valence-corrected chi connectivity index (χ4v) is 7.82. The molecule has 11 rings (SSSR count). The van der Waals surface area contributed by atoms with Gasteiger partial charge in [-0.3, -0.25) is 4.98 Å². The van der Waals surface area contributed by atoms with E-state index in [4.69, 9.17) is 24.4 Å². The molecular formula is C50H31N5O. The van der Waals surface area contributed by atoms with Crippen LogP contribution in [-0.4, -0.2) is 24.5 Å². The molecule has 0 saturated carbocycles. The summed E-state index contributed by atoms with van der Waals surface area (Å²) in [5.74, 6) is 1.73. The summed E-state index contributed by atoms with van der Waals surface area (Å²) in [6.07, 6.45) is 1.93. The van der Waals surface area contributed by atoms with E-state index in [9.17, 15) is 0 Å². The van der Waals surface area contributed by atoms with Gasteiger partial charge in [0.1, 0.15) is 11.2 Å². The van der Waals surface area contributed by atoms with Crippen molar-refractivity contribution >= 4 is 43.7 Å². The Morgan fingerprint density at radius 1 is 0.375 bits per heavy atom. The lowest BCUT2D eigenvalue weighted by atomic mass is 9.99. The second kappa shape index (κ2) is 13.0. The number of fused-ring (bicyclic) bond motifs is 6. The van der Waals surface area contributed by atoms with Gasteiger partial charge in [-0.15, -0.1) is 0 Å². The molecule has 7 aromatic carbocycles. The van der Waals surface area contributed by atoms with Gasteiger partial charge in [-0.1, -0.05) is 133 Å². The SMILES string of the molecule is c1ccc(-c2cnc(-c3ccc4c(c3)oc3cc5c6ccccc6n(-c6ccccc6)c5cc34)c(-c3nc(-c4ccccc4)nc(-c4ccccc4)n3)c2)cc1. The molecule has 0 fully saturated rings. The molecule has 4 aromatic heterocycles. The Kier molecular flexibility index (Phi) is 7.38. The van der Waals surface area contributed by atoms with Crippen LogP contribution >= 0.6 is 0 Å². The highest BCUT2D eigenvalue weighted by Crippen LogP contribution is 2.41. The average molecular weight is 718 g/mol. The Morgan fingerprint density at radius 2 is 0.964 bits per heavy atom. The summed E-state index contributed by atoms with van der Waals surface area (Å²) >= 11 is 0. The van der Waals surface area contributed by atoms with E-state index < -0.39 is 0 Å². The number of hydrogen-bond acceptors (Lipinski definition) is 5. The minimum absolute atomic E-state index is 0.541. The van der Waals surface area contributed by atoms with E-state index in [2.05, 4.69) is 108 Å². The summed E-state index contributed by atoms with van der Waals surface area (Å²) in [7, 11) is 0. The topological polar surface area (TPSA) is 69.6 Å². The maximum Gasteiger partial charge on any atom is 0.166 e. The Labute approximate surface area is 322 Å². The van der Waals surface area contributed by atoms with Crippen LogP contribution in [0.2, 0.25) is 0 Å². The molecule has 0 bridgehead atoms. The van der Waals surface area contributed by atoms with E-state index in [0.717, 1.165) is 83.1 Å². The van der Waals surface area contributed by atoms with E-state index in [-0.39, 0.29) is 0 Å². The van der Waals surface area contributed by atoms with Gasteiger partial charge >= 0.3 is 0 Å². The van der Waals surface area contributed by atoms with E-state index in [1.165, 1.54) is 5.39 Å². The third kappa shape index (κ3) is 5.35. The summed E-state index contributed by atoms with van der Waals surface area (Å²) in [4.78, 5) is 20.3. The first kappa shape index (κ1) is 31.8. The monoisotopic (exact) mass is 717 g/mol. The van der Waals surface area contributed by atoms with Crippen molar-refractivity contribution in [1.82, 2.24) is 24.5 Å². The van der Waals surface area contributed by atoms with Crippen LogP contribution in [-0.2, 0) is 0 Å². The molecule has 0 spiro atoms. The van der Waals surface area contributed by atoms with Gasteiger partial charge < -0.3 is 8.98 Å². The Balaban J connectivity index is 1.12. The van der Waals surface area contributed by atoms with Crippen LogP contribution < -0.4 is 0 Å². The van der Waals surface area contributed by atoms with Gasteiger partial charge in [-0.25, -0.2) is 15.0 Å². The molecule has 0 amide bonds. The van der Waals surface area contributed by atoms with E-state index in [1.807, 2.05) is 85.1 Å². The quantitative estimate of drug-likeness (QED) is 0.171. The number of para-hydroxylation sites is 2. The van der Waals surface area contributed by atoms with E-state index >= 15 is 0 Å². The van der Waals surface area contributed by atoms with Crippen LogP contribution in [0.1, 0.15) is 0 Å². The van der Waals surface area contributed by atoms with Crippen molar-refractivity contribution in [3.8, 4) is 62.2 Å². The predicted octanol–water partition coefficient (Wildman–Crippen LogP) is 12.6. The lowest BCUT2D eigenvalue weighted by Gasteiger charge is -2.13. The first-order chi connectivity index (χ1) is 27.7. The zero-order chi connectivity index (χ0) is 37.0. The van der Waals surface area contributed by atoms with Crippen molar-refractivity contribution in [3.05, 3.63) is 188 Å². The van der Waals surface area contributed by atoms with Crippen molar-refractivity contribution in [2.75, 3.05) is 0 Å². The van der Waals surface area contributed by atoms with Crippen LogP contribution in [0.4, 0.5) is 0 Å². The summed E-state index contributed by atoms with van der Waals surface area (Å²) in [5.41, 5.74) is 11.3. The highest BCUT2D eigenvalue weighted by Gasteiger charge is 2.21. The first-order valence-corrected chi connectivity index (χ1v) is 18.6. The number of hydrogen-bond donors (Lipinski definition) is 0. The van der Waals surface area contributed by atoms with Crippen LogP contribution in [0.25, 0.3) is 106 Å². The highest BCUT2D eigenvalue weighted by molar-refractivity contribution is 6.17. The molecule has 11 aromatic rings. The predicted molar refractivity (Wildman–Crippen MR) is 226 cm³/mol. The molecule has 0 unspecified atom stereocenters. The minimum atomic E-state index is 0.541. The smallest absolute Gasteiger partial charge is 0.166 e. The van der Waals surface area contributed by atoms with Gasteiger partial charge in [0.25, 0.3) is 0 Å². The molecule has 6 heteroatoms. The second-order valence-corrected chi connectivity index (χ2v) is 13.9. The van der Waals surface area contributed by atoms with E-state index in [0.29, 0.717) is 17.5 Å². The van der Waals surface area contributed by atoms with Crippen molar-refractivity contribution in [3.63, 3.8) is 0 Å². The van der Waals surface area contributed by atoms with Crippen molar-refractivity contribution < 1.29 is 4.42 Å². The molecule has 0 aliphatic heterocycles. The molecule has 4 heterocycles. The average Bonchev–Trinajstić information content (AvgIpc) is 3.80. The normalized spacial score (nSPS) is 11.6. The Hall–Kier alpha value is -7.70. The number of pyridine rings is 1. The standard InChI is InChI=1S/C50H31N5O/c1-5-15-32(16-6-1)36-27-42(50-53-48(33-17-7-2-8-18-33)52-49(54-50)34-19-9-3-10-20-34)47(51-31-36)35-25-26-39-41-29-44-40(30-46(41)56-45(39)28-35)38-23-13-14-24-43(38)55(44)37-21-11-4-12-22-37/h1-31H. The van der Waals surface area contributed by atoms with Crippen LogP contribution in [0.3, 0.4) is 0 Å². The van der Waals surface area contributed by atoms with Gasteiger partial charge in [0.05, 0.1) is 16.7 Å². The van der Waals surface area contributed by atoms with Crippen molar-refractivity contribution in [2.45, 2.75) is 0 Å². The molecule has 56 heavy (non-hydrogen) atoms. The molecule has 0 aliphatic rings. The molecule has 6 nitrogen and oxygen atoms in total. The number of furan rings is 1. The molecule has 0 N–H and O–H groups in total. The maximum absolute atomic E-state index is 6.70. The van der Waals surface area contributed by atoms with Gasteiger partial charge in [0.15, 0.2) is 17.5 Å². The summed E-state index contributed by atoms with van der Waals surface area (Å²) in [6.45, 7) is 0. The summed E-state index contributed by atoms with van der Waals surface area (Å²) in [6, 6.07) is 62.4. The van der Waals surface area contributed by atoms with Gasteiger partial charge in [-0.05, 0) is 54.1 Å². The zero-order valence-corrected chi connectivity index (χ0v) is 30.0. The van der Waals surface area contributed by atoms with Crippen LogP contribution in [0.5, 0.6) is 0 Å². The van der Waals surface area contributed by atoms with E-state index in [1.54, 1.807) is 0 Å². The van der Waals surface area contributed by atoms with Crippen molar-refractivity contribution in [2.24, 2.45) is 0 Å². The summed E-state index contributed by atoms with van der Waals surface area (Å²) in [5, 5.41) is 4.43. The van der Waals surface area contributed by atoms with Gasteiger partial charge in [-0.2, -0.15) is 0 Å². The maximum atomic E-state index is 6.70. The fourth-order valence-electron chi connectivity index (χ4n) is 7.82. The Bertz CT molecular complexity index is 3170.